The molecule has 0 heterocycles. The zero-order valence-electron chi connectivity index (χ0n) is 11.8. The van der Waals surface area contributed by atoms with Gasteiger partial charge in [-0.05, 0) is 0 Å². The maximum absolute atomic E-state index is 11.0. The van der Waals surface area contributed by atoms with Crippen LogP contribution in [0.3, 0.4) is 0 Å². The third-order valence-corrected chi connectivity index (χ3v) is 1.75. The molecule has 0 rings (SSSR count). The molecule has 0 spiro atoms. The van der Waals surface area contributed by atoms with Crippen LogP contribution >= 0.6 is 0 Å². The second-order valence-electron chi connectivity index (χ2n) is 3.16. The Balaban J connectivity index is 3.30. The highest BCUT2D eigenvalue weighted by molar-refractivity contribution is 5.60. The summed E-state index contributed by atoms with van der Waals surface area (Å²) in [5.41, 5.74) is 0. The Morgan fingerprint density at radius 2 is 0.905 bits per heavy atom. The molecule has 21 heavy (non-hydrogen) atoms. The van der Waals surface area contributed by atoms with Crippen LogP contribution < -0.4 is 0 Å². The van der Waals surface area contributed by atoms with Gasteiger partial charge in [-0.1, -0.05) is 0 Å². The molecule has 0 radical (unpaired) electrons. The molecular weight excluding hydrogens is 292 g/mol. The molecule has 122 valence electrons. The second kappa shape index (κ2) is 12.8. The van der Waals surface area contributed by atoms with Crippen LogP contribution in [0.2, 0.25) is 0 Å². The number of methoxy groups -OCH3 is 2. The minimum absolute atomic E-state index is 0.0297. The molecule has 0 saturated carbocycles. The number of carbonyl (C=O) groups is 3. The number of rotatable bonds is 9. The topological polar surface area (TPSA) is 116 Å². The molecule has 0 aliphatic carbocycles. The SMILES string of the molecule is COC(=O)OCCOCCOC(=O)OCCOC(=O)OC. The minimum atomic E-state index is -0.919. The van der Waals surface area contributed by atoms with E-state index in [0.29, 0.717) is 0 Å². The van der Waals surface area contributed by atoms with Gasteiger partial charge in [0.1, 0.15) is 26.4 Å². The summed E-state index contributed by atoms with van der Waals surface area (Å²) < 4.78 is 31.7. The third-order valence-electron chi connectivity index (χ3n) is 1.75. The molecule has 0 aliphatic rings. The first-order valence-electron chi connectivity index (χ1n) is 5.89. The summed E-state index contributed by atoms with van der Waals surface area (Å²) in [7, 11) is 2.35. The minimum Gasteiger partial charge on any atom is -0.438 e. The maximum atomic E-state index is 11.0. The van der Waals surface area contributed by atoms with E-state index in [4.69, 9.17) is 4.74 Å². The summed E-state index contributed by atoms with van der Waals surface area (Å²) in [5, 5.41) is 0. The summed E-state index contributed by atoms with van der Waals surface area (Å²) in [6.45, 7) is -0.0411. The van der Waals surface area contributed by atoms with Crippen LogP contribution in [-0.2, 0) is 33.2 Å². The Morgan fingerprint density at radius 1 is 0.571 bits per heavy atom. The molecule has 0 aromatic carbocycles. The number of hydrogen-bond donors (Lipinski definition) is 0. The molecule has 0 fully saturated rings. The van der Waals surface area contributed by atoms with Crippen molar-refractivity contribution in [1.29, 1.82) is 0 Å². The molecule has 10 nitrogen and oxygen atoms in total. The predicted octanol–water partition coefficient (Wildman–Crippen LogP) is 0.722. The molecule has 0 aromatic heterocycles. The second-order valence-corrected chi connectivity index (χ2v) is 3.16. The Kier molecular flexibility index (Phi) is 11.4. The van der Waals surface area contributed by atoms with Crippen molar-refractivity contribution in [2.45, 2.75) is 0 Å². The molecule has 0 bridgehead atoms. The Morgan fingerprint density at radius 3 is 1.29 bits per heavy atom. The van der Waals surface area contributed by atoms with Crippen LogP contribution in [0, 0.1) is 0 Å². The van der Waals surface area contributed by atoms with Gasteiger partial charge in [0.25, 0.3) is 0 Å². The van der Waals surface area contributed by atoms with Gasteiger partial charge >= 0.3 is 18.5 Å². The lowest BCUT2D eigenvalue weighted by Crippen LogP contribution is -2.17. The van der Waals surface area contributed by atoms with Crippen LogP contribution in [-0.4, -0.2) is 72.3 Å². The Bertz CT molecular complexity index is 316. The average Bonchev–Trinajstić information content (AvgIpc) is 2.49. The monoisotopic (exact) mass is 310 g/mol. The summed E-state index contributed by atoms with van der Waals surface area (Å²) >= 11 is 0. The van der Waals surface area contributed by atoms with Crippen molar-refractivity contribution in [2.75, 3.05) is 53.9 Å². The lowest BCUT2D eigenvalue weighted by molar-refractivity contribution is 0.00161. The van der Waals surface area contributed by atoms with Crippen LogP contribution in [0.25, 0.3) is 0 Å². The van der Waals surface area contributed by atoms with E-state index in [-0.39, 0.29) is 39.6 Å². The van der Waals surface area contributed by atoms with E-state index >= 15 is 0 Å². The van der Waals surface area contributed by atoms with E-state index in [1.54, 1.807) is 0 Å². The molecule has 0 aliphatic heterocycles. The van der Waals surface area contributed by atoms with E-state index in [9.17, 15) is 14.4 Å². The summed E-state index contributed by atoms with van der Waals surface area (Å²) in [6, 6.07) is 0. The normalized spacial score (nSPS) is 9.43. The third kappa shape index (κ3) is 12.5. The summed E-state index contributed by atoms with van der Waals surface area (Å²) in [6.07, 6.45) is -2.58. The van der Waals surface area contributed by atoms with Crippen LogP contribution in [0.15, 0.2) is 0 Å². The summed E-state index contributed by atoms with van der Waals surface area (Å²) in [4.78, 5) is 32.1. The van der Waals surface area contributed by atoms with Crippen molar-refractivity contribution in [3.05, 3.63) is 0 Å². The first kappa shape index (κ1) is 18.8. The quantitative estimate of drug-likeness (QED) is 0.342. The van der Waals surface area contributed by atoms with E-state index in [0.717, 1.165) is 7.11 Å². The van der Waals surface area contributed by atoms with Crippen molar-refractivity contribution >= 4 is 18.5 Å². The number of ether oxygens (including phenoxy) is 7. The van der Waals surface area contributed by atoms with Crippen LogP contribution in [0.1, 0.15) is 0 Å². The highest BCUT2D eigenvalue weighted by Gasteiger charge is 2.05. The van der Waals surface area contributed by atoms with Gasteiger partial charge in [-0.2, -0.15) is 0 Å². The largest absolute Gasteiger partial charge is 0.508 e. The molecular formula is C11H18O10. The molecule has 10 heteroatoms. The Labute approximate surface area is 121 Å². The van der Waals surface area contributed by atoms with E-state index < -0.39 is 18.5 Å². The fourth-order valence-corrected chi connectivity index (χ4v) is 0.879. The number of hydrogen-bond acceptors (Lipinski definition) is 10. The summed E-state index contributed by atoms with van der Waals surface area (Å²) in [5.74, 6) is 0. The van der Waals surface area contributed by atoms with Crippen LogP contribution in [0.4, 0.5) is 14.4 Å². The van der Waals surface area contributed by atoms with Gasteiger partial charge < -0.3 is 33.2 Å². The van der Waals surface area contributed by atoms with Gasteiger partial charge in [0, 0.05) is 0 Å². The van der Waals surface area contributed by atoms with Crippen molar-refractivity contribution < 1.29 is 47.5 Å². The van der Waals surface area contributed by atoms with Gasteiger partial charge in [0.15, 0.2) is 0 Å². The van der Waals surface area contributed by atoms with Crippen molar-refractivity contribution in [2.24, 2.45) is 0 Å². The van der Waals surface area contributed by atoms with Gasteiger partial charge in [-0.25, -0.2) is 14.4 Å². The van der Waals surface area contributed by atoms with Gasteiger partial charge in [-0.3, -0.25) is 0 Å². The molecule has 0 atom stereocenters. The highest BCUT2D eigenvalue weighted by Crippen LogP contribution is 1.89. The molecule has 0 N–H and O–H groups in total. The zero-order chi connectivity index (χ0) is 15.9. The average molecular weight is 310 g/mol. The zero-order valence-corrected chi connectivity index (χ0v) is 11.8. The lowest BCUT2D eigenvalue weighted by atomic mass is 10.7. The molecule has 0 amide bonds. The lowest BCUT2D eigenvalue weighted by Gasteiger charge is -2.07. The number of carbonyl (C=O) groups excluding carboxylic acids is 3. The van der Waals surface area contributed by atoms with E-state index in [1.165, 1.54) is 7.11 Å². The van der Waals surface area contributed by atoms with Crippen LogP contribution in [0.5, 0.6) is 0 Å². The van der Waals surface area contributed by atoms with Gasteiger partial charge in [-0.15, -0.1) is 0 Å². The molecule has 0 saturated heterocycles. The molecule has 0 aromatic rings. The first-order valence-corrected chi connectivity index (χ1v) is 5.89. The van der Waals surface area contributed by atoms with Crippen molar-refractivity contribution in [3.8, 4) is 0 Å². The standard InChI is InChI=1S/C11H18O10/c1-15-9(12)18-5-3-17-4-6-20-11(14)21-8-7-19-10(13)16-2/h3-8H2,1-2H3. The smallest absolute Gasteiger partial charge is 0.438 e. The van der Waals surface area contributed by atoms with E-state index in [2.05, 4.69) is 28.4 Å². The van der Waals surface area contributed by atoms with E-state index in [1.807, 2.05) is 0 Å². The fraction of sp³-hybridized carbons (Fsp3) is 0.727. The fourth-order valence-electron chi connectivity index (χ4n) is 0.879. The van der Waals surface area contributed by atoms with Crippen molar-refractivity contribution in [3.63, 3.8) is 0 Å². The maximum Gasteiger partial charge on any atom is 0.508 e. The molecule has 0 unspecified atom stereocenters. The van der Waals surface area contributed by atoms with Gasteiger partial charge in [0.05, 0.1) is 27.4 Å². The highest BCUT2D eigenvalue weighted by atomic mass is 16.7. The Hall–Kier alpha value is -2.23. The van der Waals surface area contributed by atoms with Gasteiger partial charge in [0.2, 0.25) is 0 Å². The predicted molar refractivity (Wildman–Crippen MR) is 64.8 cm³/mol. The van der Waals surface area contributed by atoms with Crippen molar-refractivity contribution in [1.82, 2.24) is 0 Å². The first-order chi connectivity index (χ1) is 10.1.